The Bertz CT molecular complexity index is 289. The minimum Gasteiger partial charge on any atom is -0.394 e. The van der Waals surface area contributed by atoms with E-state index >= 15 is 0 Å². The van der Waals surface area contributed by atoms with E-state index in [0.29, 0.717) is 12.1 Å². The molecule has 4 nitrogen and oxygen atoms in total. The van der Waals surface area contributed by atoms with Gasteiger partial charge >= 0.3 is 0 Å². The first kappa shape index (κ1) is 16.2. The maximum Gasteiger partial charge on any atom is 0.0611 e. The SMILES string of the molecule is CC(CC(C)(CO)NC1CC1)N(C)CCN1CCCC1. The molecule has 1 aliphatic carbocycles. The van der Waals surface area contributed by atoms with Gasteiger partial charge in [0.2, 0.25) is 0 Å². The lowest BCUT2D eigenvalue weighted by atomic mass is 9.93. The second kappa shape index (κ2) is 7.21. The number of aliphatic hydroxyl groups is 1. The normalized spacial score (nSPS) is 25.1. The standard InChI is InChI=1S/C16H33N3O/c1-14(12-16(2,13-20)17-15-6-7-15)18(3)10-11-19-8-4-5-9-19/h14-15,17,20H,4-13H2,1-3H3. The van der Waals surface area contributed by atoms with Gasteiger partial charge in [-0.25, -0.2) is 0 Å². The molecule has 2 fully saturated rings. The van der Waals surface area contributed by atoms with E-state index in [9.17, 15) is 5.11 Å². The molecule has 0 spiro atoms. The molecule has 4 heteroatoms. The van der Waals surface area contributed by atoms with Crippen LogP contribution >= 0.6 is 0 Å². The van der Waals surface area contributed by atoms with Crippen LogP contribution in [0.2, 0.25) is 0 Å². The molecular weight excluding hydrogens is 250 g/mol. The fourth-order valence-electron chi connectivity index (χ4n) is 3.22. The number of likely N-dealkylation sites (N-methyl/N-ethyl adjacent to an activating group) is 1. The molecule has 2 aliphatic rings. The number of nitrogens with one attached hydrogen (secondary N) is 1. The molecule has 2 rings (SSSR count). The zero-order chi connectivity index (χ0) is 14.6. The fourth-order valence-corrected chi connectivity index (χ4v) is 3.22. The van der Waals surface area contributed by atoms with Crippen molar-refractivity contribution in [2.24, 2.45) is 0 Å². The quantitative estimate of drug-likeness (QED) is 0.669. The van der Waals surface area contributed by atoms with Crippen LogP contribution in [0.5, 0.6) is 0 Å². The van der Waals surface area contributed by atoms with Crippen molar-refractivity contribution in [2.45, 2.75) is 63.6 Å². The zero-order valence-electron chi connectivity index (χ0n) is 13.6. The summed E-state index contributed by atoms with van der Waals surface area (Å²) in [6.07, 6.45) is 6.29. The van der Waals surface area contributed by atoms with Crippen LogP contribution in [0.1, 0.15) is 46.0 Å². The molecule has 118 valence electrons. The molecule has 0 aromatic rings. The fraction of sp³-hybridized carbons (Fsp3) is 1.00. The summed E-state index contributed by atoms with van der Waals surface area (Å²) < 4.78 is 0. The molecule has 0 aromatic carbocycles. The highest BCUT2D eigenvalue weighted by Gasteiger charge is 2.33. The van der Waals surface area contributed by atoms with E-state index in [1.807, 2.05) is 0 Å². The van der Waals surface area contributed by atoms with Gasteiger partial charge in [-0.05, 0) is 66.1 Å². The largest absolute Gasteiger partial charge is 0.394 e. The van der Waals surface area contributed by atoms with Gasteiger partial charge in [-0.2, -0.15) is 0 Å². The van der Waals surface area contributed by atoms with Gasteiger partial charge in [0.1, 0.15) is 0 Å². The average molecular weight is 283 g/mol. The van der Waals surface area contributed by atoms with E-state index in [1.165, 1.54) is 45.3 Å². The lowest BCUT2D eigenvalue weighted by Gasteiger charge is -2.36. The number of rotatable bonds is 9. The Labute approximate surface area is 124 Å². The maximum absolute atomic E-state index is 9.71. The lowest BCUT2D eigenvalue weighted by molar-refractivity contribution is 0.120. The summed E-state index contributed by atoms with van der Waals surface area (Å²) >= 11 is 0. The molecule has 2 unspecified atom stereocenters. The zero-order valence-corrected chi connectivity index (χ0v) is 13.6. The van der Waals surface area contributed by atoms with Crippen LogP contribution in [0.15, 0.2) is 0 Å². The van der Waals surface area contributed by atoms with E-state index in [0.717, 1.165) is 13.0 Å². The first-order valence-electron chi connectivity index (χ1n) is 8.33. The minimum absolute atomic E-state index is 0.123. The number of hydrogen-bond donors (Lipinski definition) is 2. The van der Waals surface area contributed by atoms with E-state index in [-0.39, 0.29) is 12.1 Å². The van der Waals surface area contributed by atoms with Crippen molar-refractivity contribution in [3.05, 3.63) is 0 Å². The summed E-state index contributed by atoms with van der Waals surface area (Å²) in [6, 6.07) is 1.15. The molecule has 2 atom stereocenters. The topological polar surface area (TPSA) is 38.7 Å². The molecule has 2 N–H and O–H groups in total. The summed E-state index contributed by atoms with van der Waals surface area (Å²) in [6.45, 7) is 9.55. The van der Waals surface area contributed by atoms with Crippen molar-refractivity contribution in [3.8, 4) is 0 Å². The smallest absolute Gasteiger partial charge is 0.0611 e. The number of nitrogens with zero attached hydrogens (tertiary/aromatic N) is 2. The second-order valence-electron chi connectivity index (χ2n) is 7.22. The Kier molecular flexibility index (Phi) is 5.84. The van der Waals surface area contributed by atoms with E-state index in [1.54, 1.807) is 0 Å². The Balaban J connectivity index is 1.71. The van der Waals surface area contributed by atoms with Gasteiger partial charge in [-0.1, -0.05) is 0 Å². The third-order valence-electron chi connectivity index (χ3n) is 4.94. The van der Waals surface area contributed by atoms with Gasteiger partial charge in [-0.3, -0.25) is 0 Å². The van der Waals surface area contributed by atoms with Crippen molar-refractivity contribution in [1.29, 1.82) is 0 Å². The Morgan fingerprint density at radius 2 is 2.00 bits per heavy atom. The number of hydrogen-bond acceptors (Lipinski definition) is 4. The van der Waals surface area contributed by atoms with Gasteiger partial charge < -0.3 is 20.2 Å². The molecule has 1 saturated carbocycles. The average Bonchev–Trinajstić information content (AvgIpc) is 3.07. The molecule has 0 bridgehead atoms. The molecular formula is C16H33N3O. The first-order valence-corrected chi connectivity index (χ1v) is 8.33. The molecule has 1 heterocycles. The highest BCUT2D eigenvalue weighted by atomic mass is 16.3. The highest BCUT2D eigenvalue weighted by Crippen LogP contribution is 2.25. The maximum atomic E-state index is 9.71. The van der Waals surface area contributed by atoms with E-state index in [4.69, 9.17) is 0 Å². The minimum atomic E-state index is -0.123. The molecule has 0 radical (unpaired) electrons. The highest BCUT2D eigenvalue weighted by molar-refractivity contribution is 4.94. The predicted octanol–water partition coefficient (Wildman–Crippen LogP) is 1.30. The predicted molar refractivity (Wildman–Crippen MR) is 84.0 cm³/mol. The van der Waals surface area contributed by atoms with Crippen LogP contribution in [0.4, 0.5) is 0 Å². The Morgan fingerprint density at radius 3 is 2.55 bits per heavy atom. The molecule has 1 aliphatic heterocycles. The summed E-state index contributed by atoms with van der Waals surface area (Å²) in [5, 5.41) is 13.3. The van der Waals surface area contributed by atoms with Crippen LogP contribution in [0.3, 0.4) is 0 Å². The summed E-state index contributed by atoms with van der Waals surface area (Å²) in [7, 11) is 2.22. The molecule has 1 saturated heterocycles. The second-order valence-corrected chi connectivity index (χ2v) is 7.22. The van der Waals surface area contributed by atoms with E-state index in [2.05, 4.69) is 36.0 Å². The number of aliphatic hydroxyl groups excluding tert-OH is 1. The van der Waals surface area contributed by atoms with Crippen LogP contribution < -0.4 is 5.32 Å². The van der Waals surface area contributed by atoms with Crippen molar-refractivity contribution >= 4 is 0 Å². The Hall–Kier alpha value is -0.160. The third kappa shape index (κ3) is 4.99. The van der Waals surface area contributed by atoms with Crippen LogP contribution in [0.25, 0.3) is 0 Å². The van der Waals surface area contributed by atoms with Crippen molar-refractivity contribution in [1.82, 2.24) is 15.1 Å². The van der Waals surface area contributed by atoms with Gasteiger partial charge in [0.05, 0.1) is 6.61 Å². The van der Waals surface area contributed by atoms with Gasteiger partial charge in [0.25, 0.3) is 0 Å². The molecule has 0 aromatic heterocycles. The molecule has 0 amide bonds. The van der Waals surface area contributed by atoms with Crippen molar-refractivity contribution < 1.29 is 5.11 Å². The first-order chi connectivity index (χ1) is 9.52. The van der Waals surface area contributed by atoms with Gasteiger partial charge in [0.15, 0.2) is 0 Å². The van der Waals surface area contributed by atoms with E-state index < -0.39 is 0 Å². The Morgan fingerprint density at radius 1 is 1.35 bits per heavy atom. The summed E-state index contributed by atoms with van der Waals surface area (Å²) in [4.78, 5) is 5.01. The van der Waals surface area contributed by atoms with Crippen LogP contribution in [-0.2, 0) is 0 Å². The monoisotopic (exact) mass is 283 g/mol. The van der Waals surface area contributed by atoms with Crippen LogP contribution in [-0.4, -0.2) is 72.4 Å². The van der Waals surface area contributed by atoms with Gasteiger partial charge in [0, 0.05) is 30.7 Å². The van der Waals surface area contributed by atoms with Crippen molar-refractivity contribution in [2.75, 3.05) is 39.8 Å². The third-order valence-corrected chi connectivity index (χ3v) is 4.94. The van der Waals surface area contributed by atoms with Crippen LogP contribution in [0, 0.1) is 0 Å². The summed E-state index contributed by atoms with van der Waals surface area (Å²) in [5.41, 5.74) is -0.123. The summed E-state index contributed by atoms with van der Waals surface area (Å²) in [5.74, 6) is 0. The molecule has 20 heavy (non-hydrogen) atoms. The van der Waals surface area contributed by atoms with Crippen molar-refractivity contribution in [3.63, 3.8) is 0 Å². The number of likely N-dealkylation sites (tertiary alicyclic amines) is 1. The van der Waals surface area contributed by atoms with Gasteiger partial charge in [-0.15, -0.1) is 0 Å². The lowest BCUT2D eigenvalue weighted by Crippen LogP contribution is -2.51.